The molecule has 0 amide bonds. The fourth-order valence-electron chi connectivity index (χ4n) is 2.03. The molecule has 0 fully saturated rings. The Bertz CT molecular complexity index is 593. The molecule has 0 radical (unpaired) electrons. The number of thiophene rings is 1. The summed E-state index contributed by atoms with van der Waals surface area (Å²) < 4.78 is 22.5. The molecule has 5 nitrogen and oxygen atoms in total. The molecule has 0 aliphatic heterocycles. The molecule has 7 heteroatoms. The molecule has 1 rings (SSSR count). The van der Waals surface area contributed by atoms with E-state index in [0.29, 0.717) is 13.0 Å². The summed E-state index contributed by atoms with van der Waals surface area (Å²) in [5.74, 6) is 0.916. The van der Waals surface area contributed by atoms with E-state index in [0.717, 1.165) is 12.5 Å². The molecule has 0 aromatic carbocycles. The second-order valence-electron chi connectivity index (χ2n) is 6.52. The van der Waals surface area contributed by atoms with E-state index in [1.54, 1.807) is 11.3 Å². The van der Waals surface area contributed by atoms with E-state index in [9.17, 15) is 8.42 Å². The molecule has 1 heterocycles. The zero-order valence-corrected chi connectivity index (χ0v) is 16.4. The zero-order valence-electron chi connectivity index (χ0n) is 14.7. The highest BCUT2D eigenvalue weighted by Crippen LogP contribution is 2.27. The van der Waals surface area contributed by atoms with Gasteiger partial charge in [-0.1, -0.05) is 19.9 Å². The number of hydrogen-bond acceptors (Lipinski definition) is 4. The molecule has 1 unspecified atom stereocenters. The standard InChI is InChI=1S/C16H29N3O2S2/c1-6-17-15(19-13(2)9-11-23(5,20)21)18-12-16(3,4)14-8-7-10-22-14/h7-8,10,13H,6,9,11-12H2,1-5H3,(H2,17,18,19). The SMILES string of the molecule is CCNC(=NCC(C)(C)c1cccs1)NC(C)CCS(C)(=O)=O. The summed E-state index contributed by atoms with van der Waals surface area (Å²) >= 11 is 1.74. The van der Waals surface area contributed by atoms with E-state index in [-0.39, 0.29) is 17.2 Å². The maximum absolute atomic E-state index is 11.3. The Morgan fingerprint density at radius 2 is 2.13 bits per heavy atom. The third kappa shape index (κ3) is 7.83. The quantitative estimate of drug-likeness (QED) is 0.552. The number of nitrogens with zero attached hydrogens (tertiary/aromatic N) is 1. The van der Waals surface area contributed by atoms with Crippen LogP contribution in [-0.4, -0.2) is 45.5 Å². The van der Waals surface area contributed by atoms with Gasteiger partial charge in [-0.15, -0.1) is 11.3 Å². The number of sulfone groups is 1. The molecule has 0 spiro atoms. The lowest BCUT2D eigenvalue weighted by molar-refractivity contribution is 0.543. The van der Waals surface area contributed by atoms with Crippen molar-refractivity contribution in [2.24, 2.45) is 4.99 Å². The van der Waals surface area contributed by atoms with Crippen LogP contribution in [0.5, 0.6) is 0 Å². The molecule has 1 aromatic heterocycles. The Kier molecular flexibility index (Phi) is 7.54. The van der Waals surface area contributed by atoms with Gasteiger partial charge < -0.3 is 10.6 Å². The summed E-state index contributed by atoms with van der Waals surface area (Å²) in [5, 5.41) is 8.59. The Balaban J connectivity index is 2.66. The van der Waals surface area contributed by atoms with Gasteiger partial charge in [-0.2, -0.15) is 0 Å². The van der Waals surface area contributed by atoms with Crippen LogP contribution < -0.4 is 10.6 Å². The molecule has 1 atom stereocenters. The van der Waals surface area contributed by atoms with Crippen molar-refractivity contribution in [2.75, 3.05) is 25.1 Å². The van der Waals surface area contributed by atoms with Crippen LogP contribution in [0.2, 0.25) is 0 Å². The lowest BCUT2D eigenvalue weighted by Crippen LogP contribution is -2.43. The fourth-order valence-corrected chi connectivity index (χ4v) is 3.66. The van der Waals surface area contributed by atoms with Gasteiger partial charge in [0.25, 0.3) is 0 Å². The first kappa shape index (κ1) is 20.0. The first-order valence-corrected chi connectivity index (χ1v) is 10.8. The molecule has 2 N–H and O–H groups in total. The van der Waals surface area contributed by atoms with Gasteiger partial charge in [0.15, 0.2) is 5.96 Å². The van der Waals surface area contributed by atoms with Crippen molar-refractivity contribution >= 4 is 27.1 Å². The van der Waals surface area contributed by atoms with E-state index in [2.05, 4.69) is 47.0 Å². The van der Waals surface area contributed by atoms with Gasteiger partial charge in [-0.05, 0) is 31.7 Å². The minimum absolute atomic E-state index is 0.0213. The summed E-state index contributed by atoms with van der Waals surface area (Å²) in [6.07, 6.45) is 1.83. The van der Waals surface area contributed by atoms with Gasteiger partial charge >= 0.3 is 0 Å². The molecule has 0 aliphatic carbocycles. The number of nitrogens with one attached hydrogen (secondary N) is 2. The van der Waals surface area contributed by atoms with Gasteiger partial charge in [-0.25, -0.2) is 8.42 Å². The van der Waals surface area contributed by atoms with E-state index < -0.39 is 9.84 Å². The lowest BCUT2D eigenvalue weighted by Gasteiger charge is -2.23. The van der Waals surface area contributed by atoms with Crippen LogP contribution >= 0.6 is 11.3 Å². The van der Waals surface area contributed by atoms with Crippen molar-refractivity contribution in [3.05, 3.63) is 22.4 Å². The van der Waals surface area contributed by atoms with Crippen LogP contribution in [0.3, 0.4) is 0 Å². The van der Waals surface area contributed by atoms with Crippen LogP contribution in [0.15, 0.2) is 22.5 Å². The molecule has 23 heavy (non-hydrogen) atoms. The lowest BCUT2D eigenvalue weighted by atomic mass is 9.92. The highest BCUT2D eigenvalue weighted by atomic mass is 32.2. The molecular formula is C16H29N3O2S2. The van der Waals surface area contributed by atoms with Crippen LogP contribution in [0.1, 0.15) is 39.0 Å². The Morgan fingerprint density at radius 3 is 2.65 bits per heavy atom. The van der Waals surface area contributed by atoms with Crippen LogP contribution in [0.25, 0.3) is 0 Å². The van der Waals surface area contributed by atoms with Crippen molar-refractivity contribution in [3.63, 3.8) is 0 Å². The molecule has 0 saturated carbocycles. The average molecular weight is 360 g/mol. The largest absolute Gasteiger partial charge is 0.357 e. The third-order valence-corrected chi connectivity index (χ3v) is 5.68. The highest BCUT2D eigenvalue weighted by molar-refractivity contribution is 7.90. The van der Waals surface area contributed by atoms with Gasteiger partial charge in [0.05, 0.1) is 12.3 Å². The average Bonchev–Trinajstić information content (AvgIpc) is 2.97. The van der Waals surface area contributed by atoms with Gasteiger partial charge in [0.1, 0.15) is 9.84 Å². The van der Waals surface area contributed by atoms with Crippen molar-refractivity contribution in [2.45, 2.75) is 45.6 Å². The van der Waals surface area contributed by atoms with Crippen LogP contribution in [0.4, 0.5) is 0 Å². The number of guanidine groups is 1. The first-order valence-electron chi connectivity index (χ1n) is 7.90. The third-order valence-electron chi connectivity index (χ3n) is 3.47. The maximum Gasteiger partial charge on any atom is 0.191 e. The Morgan fingerprint density at radius 1 is 1.43 bits per heavy atom. The number of hydrogen-bond donors (Lipinski definition) is 2. The minimum atomic E-state index is -2.93. The molecule has 1 aromatic rings. The van der Waals surface area contributed by atoms with E-state index in [1.807, 2.05) is 13.8 Å². The summed E-state index contributed by atoms with van der Waals surface area (Å²) in [5.41, 5.74) is -0.0213. The summed E-state index contributed by atoms with van der Waals surface area (Å²) in [7, 11) is -2.93. The topological polar surface area (TPSA) is 70.6 Å². The fraction of sp³-hybridized carbons (Fsp3) is 0.688. The summed E-state index contributed by atoms with van der Waals surface area (Å²) in [6.45, 7) is 9.79. The maximum atomic E-state index is 11.3. The second kappa shape index (κ2) is 8.68. The van der Waals surface area contributed by atoms with Gasteiger partial charge in [0.2, 0.25) is 0 Å². The van der Waals surface area contributed by atoms with Crippen molar-refractivity contribution < 1.29 is 8.42 Å². The normalized spacial score (nSPS) is 14.6. The minimum Gasteiger partial charge on any atom is -0.357 e. The summed E-state index contributed by atoms with van der Waals surface area (Å²) in [6, 6.07) is 4.24. The molecule has 0 saturated heterocycles. The van der Waals surface area contributed by atoms with E-state index >= 15 is 0 Å². The Labute approximate surface area is 144 Å². The van der Waals surface area contributed by atoms with E-state index in [1.165, 1.54) is 11.1 Å². The van der Waals surface area contributed by atoms with Gasteiger partial charge in [-0.3, -0.25) is 4.99 Å². The number of rotatable bonds is 8. The molecule has 0 aliphatic rings. The second-order valence-corrected chi connectivity index (χ2v) is 9.73. The van der Waals surface area contributed by atoms with Crippen molar-refractivity contribution in [1.82, 2.24) is 10.6 Å². The zero-order chi connectivity index (χ0) is 17.5. The molecule has 132 valence electrons. The van der Waals surface area contributed by atoms with E-state index in [4.69, 9.17) is 0 Å². The predicted molar refractivity (Wildman–Crippen MR) is 100 cm³/mol. The molecule has 0 bridgehead atoms. The monoisotopic (exact) mass is 359 g/mol. The smallest absolute Gasteiger partial charge is 0.191 e. The van der Waals surface area contributed by atoms with Crippen LogP contribution in [-0.2, 0) is 15.3 Å². The Hall–Kier alpha value is -1.08. The summed E-state index contributed by atoms with van der Waals surface area (Å²) in [4.78, 5) is 5.98. The van der Waals surface area contributed by atoms with Crippen LogP contribution in [0, 0.1) is 0 Å². The first-order chi connectivity index (χ1) is 10.6. The van der Waals surface area contributed by atoms with Gasteiger partial charge in [0, 0.05) is 29.1 Å². The highest BCUT2D eigenvalue weighted by Gasteiger charge is 2.21. The number of aliphatic imine (C=N–C) groups is 1. The molecular weight excluding hydrogens is 330 g/mol. The predicted octanol–water partition coefficient (Wildman–Crippen LogP) is 2.40. The van der Waals surface area contributed by atoms with Crippen molar-refractivity contribution in [1.29, 1.82) is 0 Å². The van der Waals surface area contributed by atoms with Crippen molar-refractivity contribution in [3.8, 4) is 0 Å².